The molecule has 0 aliphatic rings. The van der Waals surface area contributed by atoms with E-state index in [1.54, 1.807) is 26.2 Å². The molecule has 0 saturated heterocycles. The van der Waals surface area contributed by atoms with Gasteiger partial charge in [-0.05, 0) is 31.5 Å². The Bertz CT molecular complexity index is 432. The molecule has 106 valence electrons. The molecule has 0 saturated carbocycles. The van der Waals surface area contributed by atoms with Crippen LogP contribution in [0.2, 0.25) is 0 Å². The van der Waals surface area contributed by atoms with Crippen LogP contribution in [-0.2, 0) is 14.9 Å². The van der Waals surface area contributed by atoms with E-state index in [2.05, 4.69) is 0 Å². The van der Waals surface area contributed by atoms with Crippen LogP contribution in [0, 0.1) is 0 Å². The fourth-order valence-electron chi connectivity index (χ4n) is 1.82. The highest BCUT2D eigenvalue weighted by atomic mass is 16.5. The molecule has 0 radical (unpaired) electrons. The first-order valence-electron chi connectivity index (χ1n) is 6.31. The fraction of sp³-hybridized carbons (Fsp3) is 0.533. The number of carbonyl (C=O) groups is 1. The third-order valence-electron chi connectivity index (χ3n) is 3.70. The van der Waals surface area contributed by atoms with E-state index in [-0.39, 0.29) is 6.61 Å². The first-order valence-corrected chi connectivity index (χ1v) is 6.31. The minimum absolute atomic E-state index is 0.244. The van der Waals surface area contributed by atoms with Crippen molar-refractivity contribution in [2.24, 2.45) is 0 Å². The molecule has 19 heavy (non-hydrogen) atoms. The molecule has 0 amide bonds. The van der Waals surface area contributed by atoms with Gasteiger partial charge in [-0.25, -0.2) is 4.79 Å². The van der Waals surface area contributed by atoms with E-state index in [9.17, 15) is 9.90 Å². The molecule has 0 aliphatic carbocycles. The van der Waals surface area contributed by atoms with Crippen LogP contribution in [0.15, 0.2) is 24.3 Å². The van der Waals surface area contributed by atoms with Gasteiger partial charge in [-0.15, -0.1) is 0 Å². The Morgan fingerprint density at radius 3 is 2.16 bits per heavy atom. The van der Waals surface area contributed by atoms with E-state index in [1.807, 2.05) is 26.0 Å². The van der Waals surface area contributed by atoms with Crippen molar-refractivity contribution in [1.82, 2.24) is 0 Å². The van der Waals surface area contributed by atoms with E-state index in [4.69, 9.17) is 9.47 Å². The summed E-state index contributed by atoms with van der Waals surface area (Å²) in [4.78, 5) is 11.9. The van der Waals surface area contributed by atoms with Crippen molar-refractivity contribution in [2.75, 3.05) is 13.7 Å². The molecular formula is C15H22O4. The summed E-state index contributed by atoms with van der Waals surface area (Å²) in [6.07, 6.45) is 0. The zero-order valence-electron chi connectivity index (χ0n) is 12.2. The first-order chi connectivity index (χ1) is 8.77. The fourth-order valence-corrected chi connectivity index (χ4v) is 1.82. The summed E-state index contributed by atoms with van der Waals surface area (Å²) < 4.78 is 10.0. The van der Waals surface area contributed by atoms with Crippen molar-refractivity contribution in [3.63, 3.8) is 0 Å². The van der Waals surface area contributed by atoms with Crippen LogP contribution in [0.5, 0.6) is 5.75 Å². The van der Waals surface area contributed by atoms with E-state index in [1.165, 1.54) is 6.92 Å². The Morgan fingerprint density at radius 1 is 1.21 bits per heavy atom. The van der Waals surface area contributed by atoms with E-state index >= 15 is 0 Å². The highest BCUT2D eigenvalue weighted by Crippen LogP contribution is 2.36. The number of hydrogen-bond donors (Lipinski definition) is 1. The number of hydrogen-bond acceptors (Lipinski definition) is 4. The molecule has 1 aromatic rings. The quantitative estimate of drug-likeness (QED) is 0.831. The van der Waals surface area contributed by atoms with E-state index in [0.29, 0.717) is 0 Å². The lowest BCUT2D eigenvalue weighted by atomic mass is 9.71. The summed E-state index contributed by atoms with van der Waals surface area (Å²) in [6.45, 7) is 7.06. The van der Waals surface area contributed by atoms with Crippen LogP contribution in [0.3, 0.4) is 0 Å². The van der Waals surface area contributed by atoms with Crippen molar-refractivity contribution >= 4 is 5.97 Å². The largest absolute Gasteiger partial charge is 0.497 e. The molecule has 0 bridgehead atoms. The normalized spacial score (nSPS) is 14.6. The van der Waals surface area contributed by atoms with Gasteiger partial charge in [-0.3, -0.25) is 0 Å². The molecule has 0 heterocycles. The van der Waals surface area contributed by atoms with Gasteiger partial charge < -0.3 is 14.6 Å². The lowest BCUT2D eigenvalue weighted by Crippen LogP contribution is -2.52. The Morgan fingerprint density at radius 2 is 1.74 bits per heavy atom. The van der Waals surface area contributed by atoms with Crippen LogP contribution < -0.4 is 4.74 Å². The lowest BCUT2D eigenvalue weighted by molar-refractivity contribution is -0.170. The molecule has 1 N–H and O–H groups in total. The highest BCUT2D eigenvalue weighted by molar-refractivity contribution is 5.81. The Labute approximate surface area is 114 Å². The maximum absolute atomic E-state index is 11.9. The lowest BCUT2D eigenvalue weighted by Gasteiger charge is -2.38. The summed E-state index contributed by atoms with van der Waals surface area (Å²) in [5.74, 6) is 0.117. The molecule has 0 aromatic heterocycles. The summed E-state index contributed by atoms with van der Waals surface area (Å²) in [6, 6.07) is 7.29. The topological polar surface area (TPSA) is 55.8 Å². The molecule has 1 atom stereocenters. The van der Waals surface area contributed by atoms with E-state index < -0.39 is 17.0 Å². The van der Waals surface area contributed by atoms with Crippen molar-refractivity contribution in [2.45, 2.75) is 38.7 Å². The van der Waals surface area contributed by atoms with Gasteiger partial charge in [0.1, 0.15) is 5.75 Å². The molecular weight excluding hydrogens is 244 g/mol. The maximum Gasteiger partial charge on any atom is 0.338 e. The summed E-state index contributed by atoms with van der Waals surface area (Å²) in [5.41, 5.74) is -1.53. The standard InChI is InChI=1S/C15H22O4/c1-6-19-13(16)15(4,17)14(2,3)11-7-9-12(18-5)10-8-11/h7-10,17H,6H2,1-5H3. The number of carbonyl (C=O) groups excluding carboxylic acids is 1. The van der Waals surface area contributed by atoms with Gasteiger partial charge in [0.05, 0.1) is 13.7 Å². The van der Waals surface area contributed by atoms with Gasteiger partial charge in [-0.1, -0.05) is 26.0 Å². The highest BCUT2D eigenvalue weighted by Gasteiger charge is 2.48. The van der Waals surface area contributed by atoms with E-state index in [0.717, 1.165) is 11.3 Å². The van der Waals surface area contributed by atoms with Gasteiger partial charge in [0.15, 0.2) is 5.60 Å². The predicted molar refractivity (Wildman–Crippen MR) is 73.3 cm³/mol. The monoisotopic (exact) mass is 266 g/mol. The Hall–Kier alpha value is -1.55. The Kier molecular flexibility index (Phi) is 4.58. The maximum atomic E-state index is 11.9. The smallest absolute Gasteiger partial charge is 0.338 e. The minimum atomic E-state index is -1.60. The van der Waals surface area contributed by atoms with Crippen LogP contribution in [-0.4, -0.2) is 30.4 Å². The second-order valence-electron chi connectivity index (χ2n) is 5.15. The molecule has 0 spiro atoms. The Balaban J connectivity index is 3.09. The van der Waals surface area contributed by atoms with Crippen LogP contribution in [0.25, 0.3) is 0 Å². The summed E-state index contributed by atoms with van der Waals surface area (Å²) in [7, 11) is 1.59. The molecule has 4 heteroatoms. The molecule has 1 rings (SSSR count). The van der Waals surface area contributed by atoms with Crippen molar-refractivity contribution < 1.29 is 19.4 Å². The number of esters is 1. The number of rotatable bonds is 5. The number of aliphatic hydroxyl groups is 1. The third-order valence-corrected chi connectivity index (χ3v) is 3.70. The molecule has 0 aliphatic heterocycles. The SMILES string of the molecule is CCOC(=O)C(C)(O)C(C)(C)c1ccc(OC)cc1. The minimum Gasteiger partial charge on any atom is -0.497 e. The van der Waals surface area contributed by atoms with Crippen LogP contribution in [0.4, 0.5) is 0 Å². The average Bonchev–Trinajstić information content (AvgIpc) is 2.38. The number of ether oxygens (including phenoxy) is 2. The number of methoxy groups -OCH3 is 1. The molecule has 1 aromatic carbocycles. The van der Waals surface area contributed by atoms with Crippen molar-refractivity contribution in [1.29, 1.82) is 0 Å². The summed E-state index contributed by atoms with van der Waals surface area (Å²) in [5, 5.41) is 10.5. The molecule has 0 fully saturated rings. The van der Waals surface area contributed by atoms with Gasteiger partial charge in [0.25, 0.3) is 0 Å². The van der Waals surface area contributed by atoms with Crippen LogP contribution >= 0.6 is 0 Å². The van der Waals surface area contributed by atoms with Gasteiger partial charge in [0, 0.05) is 5.41 Å². The summed E-state index contributed by atoms with van der Waals surface area (Å²) >= 11 is 0. The molecule has 1 unspecified atom stereocenters. The third kappa shape index (κ3) is 2.89. The van der Waals surface area contributed by atoms with Crippen molar-refractivity contribution in [3.8, 4) is 5.75 Å². The van der Waals surface area contributed by atoms with Crippen LogP contribution in [0.1, 0.15) is 33.3 Å². The molecule has 4 nitrogen and oxygen atoms in total. The van der Waals surface area contributed by atoms with Gasteiger partial charge >= 0.3 is 5.97 Å². The van der Waals surface area contributed by atoms with Gasteiger partial charge in [-0.2, -0.15) is 0 Å². The zero-order chi connectivity index (χ0) is 14.7. The number of benzene rings is 1. The second-order valence-corrected chi connectivity index (χ2v) is 5.15. The zero-order valence-corrected chi connectivity index (χ0v) is 12.2. The van der Waals surface area contributed by atoms with Crippen molar-refractivity contribution in [3.05, 3.63) is 29.8 Å². The van der Waals surface area contributed by atoms with Gasteiger partial charge in [0.2, 0.25) is 0 Å². The average molecular weight is 266 g/mol. The second kappa shape index (κ2) is 5.61. The first kappa shape index (κ1) is 15.5. The predicted octanol–water partition coefficient (Wildman–Crippen LogP) is 2.29.